The molecule has 2 aromatic rings. The van der Waals surface area contributed by atoms with Crippen LogP contribution in [0.2, 0.25) is 0 Å². The van der Waals surface area contributed by atoms with Crippen molar-refractivity contribution in [1.82, 2.24) is 4.90 Å². The van der Waals surface area contributed by atoms with Gasteiger partial charge in [0.25, 0.3) is 0 Å². The number of hydrogen-bond acceptors (Lipinski definition) is 3. The largest absolute Gasteiger partial charge is 0.324 e. The van der Waals surface area contributed by atoms with Gasteiger partial charge in [0.2, 0.25) is 0 Å². The minimum absolute atomic E-state index is 0.121. The normalized spacial score (nSPS) is 13.0. The van der Waals surface area contributed by atoms with E-state index in [1.807, 2.05) is 11.3 Å². The second kappa shape index (κ2) is 7.74. The lowest BCUT2D eigenvalue weighted by Crippen LogP contribution is -2.32. The molecule has 0 radical (unpaired) electrons. The second-order valence-corrected chi connectivity index (χ2v) is 6.98. The van der Waals surface area contributed by atoms with Crippen LogP contribution in [0.4, 0.5) is 0 Å². The molecular formula is C18H26N2S. The third-order valence-electron chi connectivity index (χ3n) is 3.90. The number of nitrogens with two attached hydrogens (primary N) is 1. The Hall–Kier alpha value is -1.16. The van der Waals surface area contributed by atoms with Gasteiger partial charge in [-0.1, -0.05) is 35.9 Å². The molecular weight excluding hydrogens is 276 g/mol. The van der Waals surface area contributed by atoms with E-state index in [1.54, 1.807) is 0 Å². The van der Waals surface area contributed by atoms with Gasteiger partial charge < -0.3 is 5.73 Å². The first-order chi connectivity index (χ1) is 10.1. The zero-order chi connectivity index (χ0) is 15.2. The molecule has 21 heavy (non-hydrogen) atoms. The minimum Gasteiger partial charge on any atom is -0.324 e. The summed E-state index contributed by atoms with van der Waals surface area (Å²) in [7, 11) is 0. The Balaban J connectivity index is 1.90. The summed E-state index contributed by atoms with van der Waals surface area (Å²) in [5.74, 6) is 0. The third-order valence-corrected chi connectivity index (χ3v) is 4.76. The highest BCUT2D eigenvalue weighted by atomic mass is 32.1. The molecule has 0 bridgehead atoms. The lowest BCUT2D eigenvalue weighted by molar-refractivity contribution is 0.207. The molecule has 0 amide bonds. The maximum Gasteiger partial charge on any atom is 0.0330 e. The smallest absolute Gasteiger partial charge is 0.0330 e. The zero-order valence-electron chi connectivity index (χ0n) is 13.3. The van der Waals surface area contributed by atoms with Crippen molar-refractivity contribution in [2.45, 2.75) is 45.8 Å². The Kier molecular flexibility index (Phi) is 5.97. The van der Waals surface area contributed by atoms with Gasteiger partial charge in [-0.15, -0.1) is 11.3 Å². The summed E-state index contributed by atoms with van der Waals surface area (Å²) in [5.41, 5.74) is 8.86. The summed E-state index contributed by atoms with van der Waals surface area (Å²) >= 11 is 1.83. The minimum atomic E-state index is 0.121. The van der Waals surface area contributed by atoms with Gasteiger partial charge in [0.05, 0.1) is 0 Å². The number of benzene rings is 1. The van der Waals surface area contributed by atoms with Crippen LogP contribution in [0, 0.1) is 6.92 Å². The molecule has 1 unspecified atom stereocenters. The van der Waals surface area contributed by atoms with Crippen molar-refractivity contribution in [3.63, 3.8) is 0 Å². The average molecular weight is 302 g/mol. The lowest BCUT2D eigenvalue weighted by Gasteiger charge is -2.27. The van der Waals surface area contributed by atoms with E-state index >= 15 is 0 Å². The molecule has 1 aromatic carbocycles. The molecule has 0 fully saturated rings. The second-order valence-electron chi connectivity index (χ2n) is 5.95. The van der Waals surface area contributed by atoms with Crippen LogP contribution in [0.25, 0.3) is 0 Å². The topological polar surface area (TPSA) is 29.3 Å². The van der Waals surface area contributed by atoms with E-state index in [0.29, 0.717) is 6.04 Å². The molecule has 3 heteroatoms. The fourth-order valence-corrected chi connectivity index (χ4v) is 3.14. The Labute approximate surface area is 132 Å². The van der Waals surface area contributed by atoms with Crippen molar-refractivity contribution >= 4 is 11.3 Å². The van der Waals surface area contributed by atoms with Crippen molar-refractivity contribution in [1.29, 1.82) is 0 Å². The third kappa shape index (κ3) is 4.95. The quantitative estimate of drug-likeness (QED) is 0.823. The Morgan fingerprint density at radius 3 is 2.43 bits per heavy atom. The number of nitrogens with zero attached hydrogens (tertiary/aromatic N) is 1. The van der Waals surface area contributed by atoms with E-state index < -0.39 is 0 Å². The van der Waals surface area contributed by atoms with E-state index in [9.17, 15) is 0 Å². The maximum absolute atomic E-state index is 6.34. The van der Waals surface area contributed by atoms with Gasteiger partial charge in [0.1, 0.15) is 0 Å². The molecule has 0 aliphatic rings. The van der Waals surface area contributed by atoms with E-state index in [0.717, 1.165) is 19.5 Å². The van der Waals surface area contributed by atoms with Gasteiger partial charge in [-0.05, 0) is 44.2 Å². The predicted octanol–water partition coefficient (Wildman–Crippen LogP) is 4.36. The fourth-order valence-electron chi connectivity index (χ4n) is 2.41. The highest BCUT2D eigenvalue weighted by molar-refractivity contribution is 7.09. The van der Waals surface area contributed by atoms with Crippen molar-refractivity contribution in [3.8, 4) is 0 Å². The van der Waals surface area contributed by atoms with Gasteiger partial charge in [-0.25, -0.2) is 0 Å². The monoisotopic (exact) mass is 302 g/mol. The molecule has 0 aliphatic heterocycles. The SMILES string of the molecule is Cc1ccc(C(N)CCN(Cc2cccs2)C(C)C)cc1. The summed E-state index contributed by atoms with van der Waals surface area (Å²) in [6, 6.07) is 13.6. The van der Waals surface area contributed by atoms with Crippen LogP contribution in [0.15, 0.2) is 41.8 Å². The van der Waals surface area contributed by atoms with Crippen LogP contribution in [0.5, 0.6) is 0 Å². The Morgan fingerprint density at radius 2 is 1.86 bits per heavy atom. The van der Waals surface area contributed by atoms with Crippen molar-refractivity contribution < 1.29 is 0 Å². The molecule has 1 aromatic heterocycles. The Morgan fingerprint density at radius 1 is 1.14 bits per heavy atom. The van der Waals surface area contributed by atoms with Gasteiger partial charge in [-0.3, -0.25) is 4.90 Å². The first kappa shape index (κ1) is 16.2. The molecule has 1 heterocycles. The van der Waals surface area contributed by atoms with Crippen molar-refractivity contribution in [2.75, 3.05) is 6.54 Å². The molecule has 114 valence electrons. The van der Waals surface area contributed by atoms with Crippen LogP contribution < -0.4 is 5.73 Å². The van der Waals surface area contributed by atoms with Gasteiger partial charge in [0.15, 0.2) is 0 Å². The summed E-state index contributed by atoms with van der Waals surface area (Å²) < 4.78 is 0. The van der Waals surface area contributed by atoms with Gasteiger partial charge in [-0.2, -0.15) is 0 Å². The molecule has 0 saturated heterocycles. The molecule has 0 saturated carbocycles. The van der Waals surface area contributed by atoms with Crippen LogP contribution in [0.1, 0.15) is 42.3 Å². The zero-order valence-corrected chi connectivity index (χ0v) is 14.1. The standard InChI is InChI=1S/C18H26N2S/c1-14(2)20(13-17-5-4-12-21-17)11-10-18(19)16-8-6-15(3)7-9-16/h4-9,12,14,18H,10-11,13,19H2,1-3H3. The van der Waals surface area contributed by atoms with E-state index in [4.69, 9.17) is 5.73 Å². The molecule has 1 atom stereocenters. The number of hydrogen-bond donors (Lipinski definition) is 1. The van der Waals surface area contributed by atoms with E-state index in [1.165, 1.54) is 16.0 Å². The molecule has 2 rings (SSSR count). The summed E-state index contributed by atoms with van der Waals surface area (Å²) in [6.45, 7) is 8.67. The van der Waals surface area contributed by atoms with Crippen molar-refractivity contribution in [2.24, 2.45) is 5.73 Å². The van der Waals surface area contributed by atoms with E-state index in [-0.39, 0.29) is 6.04 Å². The summed E-state index contributed by atoms with van der Waals surface area (Å²) in [5, 5.41) is 2.14. The first-order valence-corrected chi connectivity index (χ1v) is 8.53. The molecule has 2 nitrogen and oxygen atoms in total. The predicted molar refractivity (Wildman–Crippen MR) is 92.6 cm³/mol. The van der Waals surface area contributed by atoms with Crippen molar-refractivity contribution in [3.05, 3.63) is 57.8 Å². The summed E-state index contributed by atoms with van der Waals surface area (Å²) in [4.78, 5) is 3.92. The maximum atomic E-state index is 6.34. The number of thiophene rings is 1. The average Bonchev–Trinajstić information content (AvgIpc) is 2.96. The first-order valence-electron chi connectivity index (χ1n) is 7.65. The molecule has 0 spiro atoms. The Bertz CT molecular complexity index is 517. The highest BCUT2D eigenvalue weighted by Gasteiger charge is 2.13. The summed E-state index contributed by atoms with van der Waals surface area (Å²) in [6.07, 6.45) is 0.993. The van der Waals surface area contributed by atoms with E-state index in [2.05, 4.69) is 67.4 Å². The van der Waals surface area contributed by atoms with Gasteiger partial charge >= 0.3 is 0 Å². The van der Waals surface area contributed by atoms with Crippen LogP contribution in [-0.4, -0.2) is 17.5 Å². The number of rotatable bonds is 7. The number of aryl methyl sites for hydroxylation is 1. The molecule has 0 aliphatic carbocycles. The van der Waals surface area contributed by atoms with Gasteiger partial charge in [0, 0.05) is 30.1 Å². The highest BCUT2D eigenvalue weighted by Crippen LogP contribution is 2.18. The lowest BCUT2D eigenvalue weighted by atomic mass is 10.0. The fraction of sp³-hybridized carbons (Fsp3) is 0.444. The van der Waals surface area contributed by atoms with Crippen LogP contribution in [0.3, 0.4) is 0 Å². The van der Waals surface area contributed by atoms with Crippen LogP contribution in [-0.2, 0) is 6.54 Å². The molecule has 2 N–H and O–H groups in total. The van der Waals surface area contributed by atoms with Crippen LogP contribution >= 0.6 is 11.3 Å².